The molecule has 25 heavy (non-hydrogen) atoms. The minimum absolute atomic E-state index is 0. The SMILES string of the molecule is CC(C)(C)OC(=O)NCC1CC(OCC(N[C-]=O)C(=O)O)CCO1.[Fm]. The number of ether oxygens (including phenoxy) is 3. The topological polar surface area (TPSA) is 123 Å². The van der Waals surface area contributed by atoms with Crippen LogP contribution in [-0.4, -0.2) is 67.2 Å². The van der Waals surface area contributed by atoms with Crippen LogP contribution in [0.1, 0.15) is 33.6 Å². The molecule has 3 N–H and O–H groups in total. The van der Waals surface area contributed by atoms with E-state index in [1.54, 1.807) is 20.8 Å². The number of carbonyl (C=O) groups excluding carboxylic acids is 2. The third-order valence-electron chi connectivity index (χ3n) is 3.22. The number of rotatable bonds is 8. The van der Waals surface area contributed by atoms with Crippen LogP contribution in [0.5, 0.6) is 0 Å². The monoisotopic (exact) mass is 602 g/mol. The summed E-state index contributed by atoms with van der Waals surface area (Å²) >= 11 is 0. The molecular weight excluding hydrogens is 577 g/mol. The number of amides is 2. The summed E-state index contributed by atoms with van der Waals surface area (Å²) < 4.78 is 16.2. The first-order valence-corrected chi connectivity index (χ1v) is 7.77. The molecule has 150 valence electrons. The Morgan fingerprint density at radius 3 is 2.64 bits per heavy atom. The standard InChI is InChI=1S/C15H25N2O7.Fm/c1-15(2,3)24-14(21)16-7-11-6-10(4-5-22-11)23-8-12(13(19)20)17-9-18;/h10-12H,4-8H2,1-3H3,(H,16,21)(H,17,18)(H,19,20);/q-1;. The van der Waals surface area contributed by atoms with Crippen molar-refractivity contribution in [3.63, 3.8) is 0 Å². The van der Waals surface area contributed by atoms with Gasteiger partial charge in [-0.05, 0) is 27.2 Å². The zero-order valence-corrected chi connectivity index (χ0v) is 16.9. The second-order valence-corrected chi connectivity index (χ2v) is 6.49. The van der Waals surface area contributed by atoms with E-state index in [1.165, 1.54) is 6.41 Å². The molecule has 0 spiro atoms. The van der Waals surface area contributed by atoms with Gasteiger partial charge >= 0.3 is 12.1 Å². The molecule has 1 fully saturated rings. The largest absolute Gasteiger partial charge is 0.520 e. The normalized spacial score (nSPS) is 21.4. The number of hydrogen-bond acceptors (Lipinski definition) is 6. The molecule has 3 unspecified atom stereocenters. The Bertz CT molecular complexity index is 442. The molecule has 10 heteroatoms. The van der Waals surface area contributed by atoms with Gasteiger partial charge in [-0.1, -0.05) is 0 Å². The van der Waals surface area contributed by atoms with Crippen LogP contribution >= 0.6 is 0 Å². The fraction of sp³-hybridized carbons (Fsp3) is 0.800. The number of alkyl carbamates (subject to hydrolysis) is 1. The summed E-state index contributed by atoms with van der Waals surface area (Å²) in [6, 6.07) is -1.14. The maximum Gasteiger partial charge on any atom is 0.407 e. The van der Waals surface area contributed by atoms with Crippen molar-refractivity contribution in [1.82, 2.24) is 10.6 Å². The van der Waals surface area contributed by atoms with E-state index in [1.807, 2.05) is 0 Å². The molecule has 1 heterocycles. The number of carbonyl (C=O) groups is 2. The van der Waals surface area contributed by atoms with Crippen molar-refractivity contribution >= 4 is 18.5 Å². The smallest absolute Gasteiger partial charge is 0.407 e. The average Bonchev–Trinajstić information content (AvgIpc) is 2.48. The maximum atomic E-state index is 11.6. The van der Waals surface area contributed by atoms with Crippen molar-refractivity contribution in [2.75, 3.05) is 19.8 Å². The Balaban J connectivity index is 0.00000576. The van der Waals surface area contributed by atoms with E-state index in [4.69, 9.17) is 19.3 Å². The third-order valence-corrected chi connectivity index (χ3v) is 3.22. The number of aliphatic carboxylic acids is 1. The van der Waals surface area contributed by atoms with E-state index in [0.29, 0.717) is 19.4 Å². The van der Waals surface area contributed by atoms with Crippen molar-refractivity contribution in [3.8, 4) is 0 Å². The summed E-state index contributed by atoms with van der Waals surface area (Å²) in [6.07, 6.45) is 1.49. The Morgan fingerprint density at radius 1 is 1.40 bits per heavy atom. The van der Waals surface area contributed by atoms with E-state index >= 15 is 0 Å². The van der Waals surface area contributed by atoms with E-state index in [9.17, 15) is 14.4 Å². The van der Waals surface area contributed by atoms with Gasteiger partial charge in [0.25, 0.3) is 0 Å². The third kappa shape index (κ3) is 9.11. The van der Waals surface area contributed by atoms with Crippen molar-refractivity contribution < 1.29 is 33.7 Å². The van der Waals surface area contributed by atoms with Crippen LogP contribution in [0, 0.1) is 0 Å². The van der Waals surface area contributed by atoms with E-state index < -0.39 is 23.7 Å². The molecule has 3 atom stereocenters. The Hall–Kier alpha value is -2.87. The molecule has 0 aromatic carbocycles. The second kappa shape index (κ2) is 10.1. The number of nitrogens with one attached hydrogen (secondary N) is 2. The van der Waals surface area contributed by atoms with Crippen LogP contribution in [0.15, 0.2) is 0 Å². The zero-order valence-electron chi connectivity index (χ0n) is 14.5. The van der Waals surface area contributed by atoms with Gasteiger partial charge in [-0.2, -0.15) is 6.41 Å². The van der Waals surface area contributed by atoms with Crippen LogP contribution in [0.3, 0.4) is 0 Å². The summed E-state index contributed by atoms with van der Waals surface area (Å²) in [5.74, 6) is -1.19. The predicted molar refractivity (Wildman–Crippen MR) is 83.2 cm³/mol. The van der Waals surface area contributed by atoms with Gasteiger partial charge in [-0.3, -0.25) is 4.79 Å². The van der Waals surface area contributed by atoms with Crippen LogP contribution in [0.25, 0.3) is 0 Å². The maximum absolute atomic E-state index is 11.6. The summed E-state index contributed by atoms with van der Waals surface area (Å²) in [4.78, 5) is 32.8. The van der Waals surface area contributed by atoms with E-state index in [2.05, 4.69) is 10.6 Å². The molecule has 0 radical (unpaired) electrons. The molecule has 1 aliphatic rings. The van der Waals surface area contributed by atoms with Crippen molar-refractivity contribution in [2.24, 2.45) is 0 Å². The first-order chi connectivity index (χ1) is 11.2. The minimum atomic E-state index is -1.19. The Labute approximate surface area is 141 Å². The van der Waals surface area contributed by atoms with Crippen molar-refractivity contribution in [3.05, 3.63) is 0 Å². The number of hydrogen-bond donors (Lipinski definition) is 3. The second-order valence-electron chi connectivity index (χ2n) is 6.49. The van der Waals surface area contributed by atoms with E-state index in [-0.39, 0.29) is 25.4 Å². The van der Waals surface area contributed by atoms with Gasteiger partial charge in [0.15, 0.2) is 0 Å². The zero-order chi connectivity index (χ0) is 18.2. The molecule has 0 aromatic heterocycles. The van der Waals surface area contributed by atoms with E-state index in [0.717, 1.165) is 0 Å². The molecule has 0 aliphatic carbocycles. The van der Waals surface area contributed by atoms with Gasteiger partial charge in [-0.15, -0.1) is 0 Å². The summed E-state index contributed by atoms with van der Waals surface area (Å²) in [6.45, 7) is 5.89. The first kappa shape index (κ1) is 22.1. The quantitative estimate of drug-likeness (QED) is 0.268. The first-order valence-electron chi connectivity index (χ1n) is 7.77. The van der Waals surface area contributed by atoms with Crippen LogP contribution in [0.4, 0.5) is 4.79 Å². The molecule has 0 aromatic rings. The summed E-state index contributed by atoms with van der Waals surface area (Å²) in [5.41, 5.74) is -0.572. The van der Waals surface area contributed by atoms with Crippen LogP contribution < -0.4 is 10.6 Å². The fourth-order valence-electron chi connectivity index (χ4n) is 2.13. The van der Waals surface area contributed by atoms with Crippen molar-refractivity contribution in [1.29, 1.82) is 0 Å². The van der Waals surface area contributed by atoms with Crippen LogP contribution in [-0.2, 0) is 23.8 Å². The molecular formula is C15H25FmN2O7-. The average molecular weight is 602 g/mol. The minimum Gasteiger partial charge on any atom is -0.520 e. The van der Waals surface area contributed by atoms with Gasteiger partial charge in [0, 0.05) is 19.6 Å². The van der Waals surface area contributed by atoms with Gasteiger partial charge in [0.05, 0.1) is 18.8 Å². The Morgan fingerprint density at radius 2 is 2.08 bits per heavy atom. The van der Waals surface area contributed by atoms with Crippen LogP contribution in [0.2, 0.25) is 0 Å². The van der Waals surface area contributed by atoms with Gasteiger partial charge in [-0.25, -0.2) is 4.79 Å². The molecule has 9 nitrogen and oxygen atoms in total. The van der Waals surface area contributed by atoms with Gasteiger partial charge < -0.3 is 34.7 Å². The summed E-state index contributed by atoms with van der Waals surface area (Å²) in [7, 11) is 0. The number of carboxylic acids is 1. The van der Waals surface area contributed by atoms with Gasteiger partial charge in [0.1, 0.15) is 11.6 Å². The predicted octanol–water partition coefficient (Wildman–Crippen LogP) is 0.185. The fourth-order valence-corrected chi connectivity index (χ4v) is 2.13. The summed E-state index contributed by atoms with van der Waals surface area (Å²) in [5, 5.41) is 13.6. The molecule has 0 bridgehead atoms. The Kier molecular flexibility index (Phi) is 8.93. The molecule has 1 rings (SSSR count). The molecule has 1 aliphatic heterocycles. The molecule has 2 amide bonds. The number of carboxylic acid groups (broad SMARTS) is 1. The van der Waals surface area contributed by atoms with Gasteiger partial charge in [0.2, 0.25) is 0 Å². The molecule has 1 saturated heterocycles. The van der Waals surface area contributed by atoms with Crippen molar-refractivity contribution in [2.45, 2.75) is 57.5 Å². The molecule has 0 saturated carbocycles.